The van der Waals surface area contributed by atoms with Gasteiger partial charge in [-0.2, -0.15) is 0 Å². The highest BCUT2D eigenvalue weighted by Crippen LogP contribution is 2.32. The quantitative estimate of drug-likeness (QED) is 0.619. The first-order chi connectivity index (χ1) is 11.6. The SMILES string of the molecule is COc1ccc(C(=O)CN2C(=O)CC(c3cccs3)CC2=O)cc1. The second-order valence-corrected chi connectivity index (χ2v) is 6.63. The number of imide groups is 1. The van der Waals surface area contributed by atoms with E-state index in [1.165, 1.54) is 0 Å². The largest absolute Gasteiger partial charge is 0.497 e. The number of ketones is 1. The summed E-state index contributed by atoms with van der Waals surface area (Å²) in [5, 5.41) is 1.93. The first kappa shape index (κ1) is 16.4. The maximum absolute atomic E-state index is 12.3. The molecule has 6 heteroatoms. The van der Waals surface area contributed by atoms with Gasteiger partial charge in [-0.25, -0.2) is 0 Å². The molecule has 2 heterocycles. The normalized spacial score (nSPS) is 15.6. The summed E-state index contributed by atoms with van der Waals surface area (Å²) in [4.78, 5) is 39.1. The Morgan fingerprint density at radius 1 is 1.17 bits per heavy atom. The predicted molar refractivity (Wildman–Crippen MR) is 90.3 cm³/mol. The minimum Gasteiger partial charge on any atom is -0.497 e. The number of hydrogen-bond acceptors (Lipinski definition) is 5. The number of hydrogen-bond donors (Lipinski definition) is 0. The molecule has 2 aromatic rings. The Kier molecular flexibility index (Phi) is 4.76. The number of rotatable bonds is 5. The Labute approximate surface area is 143 Å². The molecule has 0 bridgehead atoms. The van der Waals surface area contributed by atoms with Crippen LogP contribution in [0.3, 0.4) is 0 Å². The van der Waals surface area contributed by atoms with Crippen molar-refractivity contribution in [3.05, 3.63) is 52.2 Å². The number of thiophene rings is 1. The number of Topliss-reactive ketones (excluding diaryl/α,β-unsaturated/α-hetero) is 1. The van der Waals surface area contributed by atoms with Crippen molar-refractivity contribution in [1.29, 1.82) is 0 Å². The van der Waals surface area contributed by atoms with Gasteiger partial charge in [0.15, 0.2) is 5.78 Å². The van der Waals surface area contributed by atoms with E-state index in [1.54, 1.807) is 42.7 Å². The first-order valence-electron chi connectivity index (χ1n) is 7.62. The molecular formula is C18H17NO4S. The van der Waals surface area contributed by atoms with Gasteiger partial charge in [-0.1, -0.05) is 6.07 Å². The Hall–Kier alpha value is -2.47. The number of amides is 2. The van der Waals surface area contributed by atoms with Crippen molar-refractivity contribution in [2.24, 2.45) is 0 Å². The van der Waals surface area contributed by atoms with E-state index in [9.17, 15) is 14.4 Å². The third kappa shape index (κ3) is 3.38. The Morgan fingerprint density at radius 3 is 2.38 bits per heavy atom. The summed E-state index contributed by atoms with van der Waals surface area (Å²) in [6.45, 7) is -0.207. The molecule has 3 rings (SSSR count). The van der Waals surface area contributed by atoms with Gasteiger partial charge in [0.2, 0.25) is 11.8 Å². The number of piperidine rings is 1. The Morgan fingerprint density at radius 2 is 1.83 bits per heavy atom. The van der Waals surface area contributed by atoms with E-state index < -0.39 is 0 Å². The molecule has 1 aromatic heterocycles. The summed E-state index contributed by atoms with van der Waals surface area (Å²) < 4.78 is 5.05. The third-order valence-corrected chi connectivity index (χ3v) is 5.14. The molecule has 0 N–H and O–H groups in total. The standard InChI is InChI=1S/C18H17NO4S/c1-23-14-6-4-12(5-7-14)15(20)11-19-17(21)9-13(10-18(19)22)16-3-2-8-24-16/h2-8,13H,9-11H2,1H3. The molecule has 0 spiro atoms. The molecule has 124 valence electrons. The predicted octanol–water partition coefficient (Wildman–Crippen LogP) is 2.87. The van der Waals surface area contributed by atoms with Gasteiger partial charge in [-0.3, -0.25) is 19.3 Å². The van der Waals surface area contributed by atoms with E-state index in [1.807, 2.05) is 17.5 Å². The number of likely N-dealkylation sites (tertiary alicyclic amines) is 1. The number of ether oxygens (including phenoxy) is 1. The molecule has 0 radical (unpaired) electrons. The van der Waals surface area contributed by atoms with E-state index in [-0.39, 0.29) is 42.9 Å². The molecule has 0 saturated carbocycles. The molecule has 1 fully saturated rings. The van der Waals surface area contributed by atoms with E-state index in [4.69, 9.17) is 4.74 Å². The monoisotopic (exact) mass is 343 g/mol. The van der Waals surface area contributed by atoms with Crippen LogP contribution in [0.25, 0.3) is 0 Å². The Bertz CT molecular complexity index is 734. The van der Waals surface area contributed by atoms with Gasteiger partial charge in [0, 0.05) is 29.2 Å². The van der Waals surface area contributed by atoms with Crippen LogP contribution in [0.4, 0.5) is 0 Å². The van der Waals surface area contributed by atoms with Crippen molar-refractivity contribution in [3.63, 3.8) is 0 Å². The average Bonchev–Trinajstić information content (AvgIpc) is 3.12. The lowest BCUT2D eigenvalue weighted by atomic mass is 9.93. The van der Waals surface area contributed by atoms with Crippen LogP contribution in [-0.4, -0.2) is 36.2 Å². The minimum absolute atomic E-state index is 0.0719. The van der Waals surface area contributed by atoms with E-state index in [2.05, 4.69) is 0 Å². The fourth-order valence-corrected chi connectivity index (χ4v) is 3.60. The maximum atomic E-state index is 12.3. The fraction of sp³-hybridized carbons (Fsp3) is 0.278. The van der Waals surface area contributed by atoms with Crippen LogP contribution in [0, 0.1) is 0 Å². The van der Waals surface area contributed by atoms with Crippen LogP contribution >= 0.6 is 11.3 Å². The molecule has 1 aromatic carbocycles. The van der Waals surface area contributed by atoms with Crippen molar-refractivity contribution in [3.8, 4) is 5.75 Å². The second-order valence-electron chi connectivity index (χ2n) is 5.65. The number of carbonyl (C=O) groups excluding carboxylic acids is 3. The number of methoxy groups -OCH3 is 1. The van der Waals surface area contributed by atoms with Crippen LogP contribution in [0.5, 0.6) is 5.75 Å². The zero-order valence-corrected chi connectivity index (χ0v) is 14.0. The van der Waals surface area contributed by atoms with Crippen molar-refractivity contribution in [2.45, 2.75) is 18.8 Å². The summed E-state index contributed by atoms with van der Waals surface area (Å²) in [5.41, 5.74) is 0.455. The molecule has 1 aliphatic rings. The smallest absolute Gasteiger partial charge is 0.230 e. The molecular weight excluding hydrogens is 326 g/mol. The molecule has 24 heavy (non-hydrogen) atoms. The molecule has 2 amide bonds. The average molecular weight is 343 g/mol. The Balaban J connectivity index is 1.67. The third-order valence-electron chi connectivity index (χ3n) is 4.10. The van der Waals surface area contributed by atoms with Crippen molar-refractivity contribution in [1.82, 2.24) is 4.90 Å². The summed E-state index contributed by atoms with van der Waals surface area (Å²) in [5.74, 6) is -0.250. The lowest BCUT2D eigenvalue weighted by Crippen LogP contribution is -2.45. The topological polar surface area (TPSA) is 63.7 Å². The van der Waals surface area contributed by atoms with Crippen molar-refractivity contribution in [2.75, 3.05) is 13.7 Å². The minimum atomic E-state index is -0.286. The first-order valence-corrected chi connectivity index (χ1v) is 8.50. The van der Waals surface area contributed by atoms with Gasteiger partial charge in [0.25, 0.3) is 0 Å². The summed E-state index contributed by atoms with van der Waals surface area (Å²) in [6.07, 6.45) is 0.532. The van der Waals surface area contributed by atoms with E-state index in [0.29, 0.717) is 11.3 Å². The summed E-state index contributed by atoms with van der Waals surface area (Å²) in [7, 11) is 1.55. The molecule has 0 atom stereocenters. The zero-order valence-electron chi connectivity index (χ0n) is 13.2. The molecule has 1 aliphatic heterocycles. The number of nitrogens with zero attached hydrogens (tertiary/aromatic N) is 1. The van der Waals surface area contributed by atoms with Gasteiger partial charge >= 0.3 is 0 Å². The van der Waals surface area contributed by atoms with E-state index >= 15 is 0 Å². The van der Waals surface area contributed by atoms with Gasteiger partial charge in [-0.15, -0.1) is 11.3 Å². The van der Waals surface area contributed by atoms with Gasteiger partial charge in [-0.05, 0) is 35.7 Å². The fourth-order valence-electron chi connectivity index (χ4n) is 2.77. The van der Waals surface area contributed by atoms with E-state index in [0.717, 1.165) is 9.78 Å². The van der Waals surface area contributed by atoms with Gasteiger partial charge < -0.3 is 4.74 Å². The maximum Gasteiger partial charge on any atom is 0.230 e. The lowest BCUT2D eigenvalue weighted by molar-refractivity contribution is -0.148. The molecule has 5 nitrogen and oxygen atoms in total. The highest BCUT2D eigenvalue weighted by Gasteiger charge is 2.34. The summed E-state index contributed by atoms with van der Waals surface area (Å²) in [6, 6.07) is 10.5. The highest BCUT2D eigenvalue weighted by molar-refractivity contribution is 7.10. The second kappa shape index (κ2) is 6.97. The van der Waals surface area contributed by atoms with Crippen molar-refractivity contribution < 1.29 is 19.1 Å². The van der Waals surface area contributed by atoms with Crippen LogP contribution < -0.4 is 4.74 Å². The van der Waals surface area contributed by atoms with Crippen LogP contribution in [-0.2, 0) is 9.59 Å². The molecule has 0 unspecified atom stereocenters. The number of carbonyl (C=O) groups is 3. The number of benzene rings is 1. The van der Waals surface area contributed by atoms with Crippen LogP contribution in [0.1, 0.15) is 34.0 Å². The van der Waals surface area contributed by atoms with Gasteiger partial charge in [0.1, 0.15) is 5.75 Å². The van der Waals surface area contributed by atoms with Gasteiger partial charge in [0.05, 0.1) is 13.7 Å². The van der Waals surface area contributed by atoms with Crippen LogP contribution in [0.15, 0.2) is 41.8 Å². The summed E-state index contributed by atoms with van der Waals surface area (Å²) >= 11 is 1.55. The van der Waals surface area contributed by atoms with Crippen LogP contribution in [0.2, 0.25) is 0 Å². The molecule has 0 aliphatic carbocycles. The lowest BCUT2D eigenvalue weighted by Gasteiger charge is -2.29. The zero-order chi connectivity index (χ0) is 17.1. The molecule has 1 saturated heterocycles. The highest BCUT2D eigenvalue weighted by atomic mass is 32.1. The van der Waals surface area contributed by atoms with Crippen molar-refractivity contribution >= 4 is 28.9 Å².